The van der Waals surface area contributed by atoms with E-state index in [2.05, 4.69) is 60.0 Å². The van der Waals surface area contributed by atoms with Gasteiger partial charge in [-0.1, -0.05) is 28.1 Å². The molecule has 4 rings (SSSR count). The predicted molar refractivity (Wildman–Crippen MR) is 113 cm³/mol. The molecule has 1 aliphatic rings. The average molecular weight is 447 g/mol. The largest absolute Gasteiger partial charge is 0.340 e. The molecule has 0 atom stereocenters. The Hall–Kier alpha value is -2.39. The van der Waals surface area contributed by atoms with Gasteiger partial charge >= 0.3 is 5.69 Å². The zero-order chi connectivity index (χ0) is 19.8. The van der Waals surface area contributed by atoms with Gasteiger partial charge in [0.05, 0.1) is 0 Å². The van der Waals surface area contributed by atoms with Crippen LogP contribution in [-0.2, 0) is 20.1 Å². The predicted octanol–water partition coefficient (Wildman–Crippen LogP) is 1.53. The molecule has 3 aromatic rings. The Balaban J connectivity index is 1.56. The second-order valence-electron chi connectivity index (χ2n) is 7.04. The minimum Gasteiger partial charge on any atom is -0.340 e. The highest BCUT2D eigenvalue weighted by Crippen LogP contribution is 2.21. The summed E-state index contributed by atoms with van der Waals surface area (Å²) < 4.78 is 4.39. The number of H-pyrrole nitrogens is 1. The van der Waals surface area contributed by atoms with Gasteiger partial charge in [0.15, 0.2) is 11.2 Å². The molecule has 9 heteroatoms. The van der Waals surface area contributed by atoms with Crippen molar-refractivity contribution in [3.8, 4) is 0 Å². The van der Waals surface area contributed by atoms with Crippen LogP contribution in [0.5, 0.6) is 0 Å². The van der Waals surface area contributed by atoms with Crippen molar-refractivity contribution in [2.75, 3.05) is 31.1 Å². The zero-order valence-electron chi connectivity index (χ0n) is 16.0. The number of piperazine rings is 1. The Morgan fingerprint density at radius 2 is 1.79 bits per heavy atom. The summed E-state index contributed by atoms with van der Waals surface area (Å²) in [5.41, 5.74) is 1.36. The van der Waals surface area contributed by atoms with E-state index in [4.69, 9.17) is 0 Å². The van der Waals surface area contributed by atoms with Gasteiger partial charge in [-0.05, 0) is 24.6 Å². The third-order valence-corrected chi connectivity index (χ3v) is 5.81. The number of rotatable bonds is 4. The van der Waals surface area contributed by atoms with E-state index in [1.807, 2.05) is 11.5 Å². The molecule has 0 spiro atoms. The van der Waals surface area contributed by atoms with E-state index in [9.17, 15) is 9.59 Å². The van der Waals surface area contributed by atoms with Gasteiger partial charge in [-0.2, -0.15) is 4.98 Å². The van der Waals surface area contributed by atoms with Crippen LogP contribution in [0.1, 0.15) is 12.5 Å². The molecule has 1 aromatic carbocycles. The molecule has 28 heavy (non-hydrogen) atoms. The minimum absolute atomic E-state index is 0.382. The van der Waals surface area contributed by atoms with Crippen LogP contribution in [-0.4, -0.2) is 50.2 Å². The lowest BCUT2D eigenvalue weighted by Crippen LogP contribution is -2.46. The molecule has 0 unspecified atom stereocenters. The first-order chi connectivity index (χ1) is 13.5. The second kappa shape index (κ2) is 7.56. The molecule has 0 radical (unpaired) electrons. The Bertz CT molecular complexity index is 1110. The molecule has 0 saturated carbocycles. The van der Waals surface area contributed by atoms with Crippen molar-refractivity contribution in [3.05, 3.63) is 55.1 Å². The van der Waals surface area contributed by atoms with E-state index in [0.717, 1.165) is 43.1 Å². The van der Waals surface area contributed by atoms with E-state index in [1.165, 1.54) is 10.1 Å². The number of benzene rings is 1. The third-order valence-electron chi connectivity index (χ3n) is 5.28. The van der Waals surface area contributed by atoms with Crippen molar-refractivity contribution in [2.45, 2.75) is 20.0 Å². The summed E-state index contributed by atoms with van der Waals surface area (Å²) in [7, 11) is 1.63. The fourth-order valence-electron chi connectivity index (χ4n) is 3.72. The van der Waals surface area contributed by atoms with Crippen LogP contribution in [0.25, 0.3) is 11.2 Å². The molecule has 0 amide bonds. The van der Waals surface area contributed by atoms with E-state index in [1.54, 1.807) is 7.05 Å². The van der Waals surface area contributed by atoms with Crippen LogP contribution < -0.4 is 16.1 Å². The number of anilines is 1. The summed E-state index contributed by atoms with van der Waals surface area (Å²) >= 11 is 3.47. The highest BCUT2D eigenvalue weighted by Gasteiger charge is 2.24. The van der Waals surface area contributed by atoms with E-state index in [0.29, 0.717) is 17.7 Å². The molecule has 148 valence electrons. The van der Waals surface area contributed by atoms with Gasteiger partial charge in [-0.3, -0.25) is 19.2 Å². The lowest BCUT2D eigenvalue weighted by atomic mass is 10.2. The Kier molecular flexibility index (Phi) is 5.11. The number of aromatic amines is 1. The summed E-state index contributed by atoms with van der Waals surface area (Å²) in [5.74, 6) is 0.757. The first kappa shape index (κ1) is 18.9. The standard InChI is InChI=1S/C19H23BrN6O2/c1-3-26-15-16(23(2)19(28)22-17(15)27)21-18(26)25-10-8-24(9-11-25)12-13-4-6-14(20)7-5-13/h4-7H,3,8-12H2,1-2H3,(H,22,27,28). The van der Waals surface area contributed by atoms with Gasteiger partial charge in [0.1, 0.15) is 0 Å². The lowest BCUT2D eigenvalue weighted by molar-refractivity contribution is 0.248. The number of fused-ring (bicyclic) bond motifs is 1. The van der Waals surface area contributed by atoms with Crippen molar-refractivity contribution in [1.29, 1.82) is 0 Å². The number of nitrogens with one attached hydrogen (secondary N) is 1. The quantitative estimate of drug-likeness (QED) is 0.657. The van der Waals surface area contributed by atoms with E-state index in [-0.39, 0.29) is 5.56 Å². The van der Waals surface area contributed by atoms with Gasteiger partial charge in [0, 0.05) is 50.8 Å². The SMILES string of the molecule is CCn1c(N2CCN(Cc3ccc(Br)cc3)CC2)nc2c1c(=O)[nH]c(=O)n2C. The minimum atomic E-state index is -0.441. The topological polar surface area (TPSA) is 79.2 Å². The van der Waals surface area contributed by atoms with Crippen molar-refractivity contribution >= 4 is 33.0 Å². The van der Waals surface area contributed by atoms with E-state index >= 15 is 0 Å². The normalized spacial score (nSPS) is 15.5. The maximum Gasteiger partial charge on any atom is 0.329 e. The smallest absolute Gasteiger partial charge is 0.329 e. The molecule has 0 bridgehead atoms. The summed E-state index contributed by atoms with van der Waals surface area (Å²) in [5, 5.41) is 0. The van der Waals surface area contributed by atoms with Gasteiger partial charge in [-0.25, -0.2) is 4.79 Å². The lowest BCUT2D eigenvalue weighted by Gasteiger charge is -2.35. The van der Waals surface area contributed by atoms with Crippen LogP contribution in [0.4, 0.5) is 5.95 Å². The first-order valence-corrected chi connectivity index (χ1v) is 10.2. The number of hydrogen-bond donors (Lipinski definition) is 1. The number of imidazole rings is 1. The molecular weight excluding hydrogens is 424 g/mol. The van der Waals surface area contributed by atoms with Crippen LogP contribution in [0.3, 0.4) is 0 Å². The molecule has 1 aliphatic heterocycles. The maximum absolute atomic E-state index is 12.3. The highest BCUT2D eigenvalue weighted by molar-refractivity contribution is 9.10. The van der Waals surface area contributed by atoms with Gasteiger partial charge in [0.25, 0.3) is 5.56 Å². The molecule has 1 N–H and O–H groups in total. The van der Waals surface area contributed by atoms with Crippen LogP contribution in [0, 0.1) is 0 Å². The van der Waals surface area contributed by atoms with Crippen LogP contribution >= 0.6 is 15.9 Å². The van der Waals surface area contributed by atoms with Gasteiger partial charge < -0.3 is 9.47 Å². The molecular formula is C19H23BrN6O2. The third kappa shape index (κ3) is 3.40. The van der Waals surface area contributed by atoms with E-state index < -0.39 is 5.69 Å². The number of aryl methyl sites for hydroxylation is 2. The van der Waals surface area contributed by atoms with Gasteiger partial charge in [-0.15, -0.1) is 0 Å². The van der Waals surface area contributed by atoms with Crippen molar-refractivity contribution in [1.82, 2.24) is 24.0 Å². The number of hydrogen-bond acceptors (Lipinski definition) is 5. The Morgan fingerprint density at radius 3 is 2.43 bits per heavy atom. The zero-order valence-corrected chi connectivity index (χ0v) is 17.6. The van der Waals surface area contributed by atoms with Crippen molar-refractivity contribution in [2.24, 2.45) is 7.05 Å². The van der Waals surface area contributed by atoms with Crippen molar-refractivity contribution in [3.63, 3.8) is 0 Å². The number of nitrogens with zero attached hydrogens (tertiary/aromatic N) is 5. The molecule has 1 fully saturated rings. The highest BCUT2D eigenvalue weighted by atomic mass is 79.9. The summed E-state index contributed by atoms with van der Waals surface area (Å²) in [6.45, 7) is 7.00. The van der Waals surface area contributed by atoms with Crippen LogP contribution in [0.2, 0.25) is 0 Å². The van der Waals surface area contributed by atoms with Crippen LogP contribution in [0.15, 0.2) is 38.3 Å². The summed E-state index contributed by atoms with van der Waals surface area (Å²) in [4.78, 5) is 35.9. The average Bonchev–Trinajstić information content (AvgIpc) is 3.09. The fraction of sp³-hybridized carbons (Fsp3) is 0.421. The molecule has 3 heterocycles. The first-order valence-electron chi connectivity index (χ1n) is 9.39. The fourth-order valence-corrected chi connectivity index (χ4v) is 3.98. The molecule has 0 aliphatic carbocycles. The Morgan fingerprint density at radius 1 is 1.11 bits per heavy atom. The van der Waals surface area contributed by atoms with Crippen molar-refractivity contribution < 1.29 is 0 Å². The summed E-state index contributed by atoms with van der Waals surface area (Å²) in [6.07, 6.45) is 0. The monoisotopic (exact) mass is 446 g/mol. The molecule has 1 saturated heterocycles. The Labute approximate surface area is 170 Å². The summed E-state index contributed by atoms with van der Waals surface area (Å²) in [6, 6.07) is 8.41. The number of aromatic nitrogens is 4. The molecule has 8 nitrogen and oxygen atoms in total. The van der Waals surface area contributed by atoms with Gasteiger partial charge in [0.2, 0.25) is 5.95 Å². The second-order valence-corrected chi connectivity index (χ2v) is 7.95. The maximum atomic E-state index is 12.3. The number of halogens is 1. The molecule has 2 aromatic heterocycles.